The van der Waals surface area contributed by atoms with Crippen molar-refractivity contribution in [2.45, 2.75) is 13.5 Å². The number of nitrogens with one attached hydrogen (secondary N) is 1. The van der Waals surface area contributed by atoms with Crippen LogP contribution in [-0.2, 0) is 6.54 Å². The van der Waals surface area contributed by atoms with Gasteiger partial charge in [0.25, 0.3) is 0 Å². The monoisotopic (exact) mass is 278 g/mol. The van der Waals surface area contributed by atoms with Crippen molar-refractivity contribution in [3.05, 3.63) is 28.3 Å². The number of rotatable bonds is 5. The lowest BCUT2D eigenvalue weighted by molar-refractivity contribution is 0.400. The second-order valence-electron chi connectivity index (χ2n) is 4.32. The van der Waals surface area contributed by atoms with Gasteiger partial charge in [0, 0.05) is 25.2 Å². The van der Waals surface area contributed by atoms with Crippen molar-refractivity contribution in [2.24, 2.45) is 0 Å². The van der Waals surface area contributed by atoms with Gasteiger partial charge >= 0.3 is 0 Å². The number of pyridine rings is 1. The third-order valence-electron chi connectivity index (χ3n) is 2.84. The van der Waals surface area contributed by atoms with Gasteiger partial charge in [0.05, 0.1) is 30.5 Å². The molecule has 0 spiro atoms. The maximum Gasteiger partial charge on any atom is 0.239 e. The van der Waals surface area contributed by atoms with E-state index < -0.39 is 0 Å². The molecule has 0 saturated heterocycles. The van der Waals surface area contributed by atoms with Gasteiger partial charge in [-0.15, -0.1) is 11.3 Å². The summed E-state index contributed by atoms with van der Waals surface area (Å²) in [5.41, 5.74) is 4.88. The summed E-state index contributed by atoms with van der Waals surface area (Å²) in [7, 11) is 5.63. The number of hydrogen-bond donors (Lipinski definition) is 1. The van der Waals surface area contributed by atoms with Crippen molar-refractivity contribution in [3.8, 4) is 5.88 Å². The van der Waals surface area contributed by atoms with Gasteiger partial charge in [-0.2, -0.15) is 0 Å². The van der Waals surface area contributed by atoms with Crippen LogP contribution in [0.3, 0.4) is 0 Å². The van der Waals surface area contributed by atoms with Gasteiger partial charge in [-0.05, 0) is 13.0 Å². The molecule has 0 aliphatic carbocycles. The minimum absolute atomic E-state index is 0.605. The van der Waals surface area contributed by atoms with Crippen LogP contribution in [0.15, 0.2) is 17.8 Å². The Hall–Kier alpha value is -1.82. The van der Waals surface area contributed by atoms with Crippen LogP contribution in [0.25, 0.3) is 0 Å². The van der Waals surface area contributed by atoms with Gasteiger partial charge < -0.3 is 15.0 Å². The van der Waals surface area contributed by atoms with Crippen LogP contribution in [0, 0.1) is 6.92 Å². The SMILES string of the molecule is COc1nccc(N(C)C)c1NCc1scnc1C. The first-order valence-electron chi connectivity index (χ1n) is 5.96. The molecule has 5 nitrogen and oxygen atoms in total. The van der Waals surface area contributed by atoms with Crippen LogP contribution >= 0.6 is 11.3 Å². The Labute approximate surface area is 117 Å². The summed E-state index contributed by atoms with van der Waals surface area (Å²) < 4.78 is 5.32. The molecule has 0 fully saturated rings. The summed E-state index contributed by atoms with van der Waals surface area (Å²) in [4.78, 5) is 11.7. The highest BCUT2D eigenvalue weighted by molar-refractivity contribution is 7.09. The maximum absolute atomic E-state index is 5.32. The molecule has 2 aromatic rings. The van der Waals surface area contributed by atoms with E-state index >= 15 is 0 Å². The highest BCUT2D eigenvalue weighted by atomic mass is 32.1. The molecule has 0 aliphatic heterocycles. The van der Waals surface area contributed by atoms with Crippen molar-refractivity contribution < 1.29 is 4.74 Å². The van der Waals surface area contributed by atoms with E-state index in [4.69, 9.17) is 4.74 Å². The zero-order valence-electron chi connectivity index (χ0n) is 11.6. The minimum atomic E-state index is 0.605. The number of ether oxygens (including phenoxy) is 1. The van der Waals surface area contributed by atoms with Crippen molar-refractivity contribution >= 4 is 22.7 Å². The third kappa shape index (κ3) is 2.96. The molecule has 0 amide bonds. The molecular weight excluding hydrogens is 260 g/mol. The molecule has 0 aliphatic rings. The average Bonchev–Trinajstić information content (AvgIpc) is 2.81. The number of nitrogens with zero attached hydrogens (tertiary/aromatic N) is 3. The lowest BCUT2D eigenvalue weighted by Crippen LogP contribution is -2.13. The predicted octanol–water partition coefficient (Wildman–Crippen LogP) is 2.53. The van der Waals surface area contributed by atoms with Crippen LogP contribution in [0.1, 0.15) is 10.6 Å². The molecule has 0 saturated carbocycles. The van der Waals surface area contributed by atoms with E-state index in [-0.39, 0.29) is 0 Å². The fraction of sp³-hybridized carbons (Fsp3) is 0.385. The van der Waals surface area contributed by atoms with Crippen molar-refractivity contribution in [3.63, 3.8) is 0 Å². The summed E-state index contributed by atoms with van der Waals surface area (Å²) in [6.07, 6.45) is 1.75. The van der Waals surface area contributed by atoms with Crippen LogP contribution < -0.4 is 15.0 Å². The normalized spacial score (nSPS) is 10.3. The lowest BCUT2D eigenvalue weighted by Gasteiger charge is -2.19. The van der Waals surface area contributed by atoms with E-state index in [1.165, 1.54) is 4.88 Å². The number of thiazole rings is 1. The standard InChI is InChI=1S/C13H18N4OS/c1-9-11(19-8-16-9)7-15-12-10(17(2)3)5-6-14-13(12)18-4/h5-6,8,15H,7H2,1-4H3. The third-order valence-corrected chi connectivity index (χ3v) is 3.78. The second kappa shape index (κ2) is 5.88. The van der Waals surface area contributed by atoms with Gasteiger partial charge in [0.1, 0.15) is 5.69 Å². The first-order chi connectivity index (χ1) is 9.13. The topological polar surface area (TPSA) is 50.3 Å². The first-order valence-corrected chi connectivity index (χ1v) is 6.84. The highest BCUT2D eigenvalue weighted by Crippen LogP contribution is 2.32. The minimum Gasteiger partial charge on any atom is -0.479 e. The van der Waals surface area contributed by atoms with Gasteiger partial charge in [-0.3, -0.25) is 0 Å². The Kier molecular flexibility index (Phi) is 4.21. The van der Waals surface area contributed by atoms with Crippen molar-refractivity contribution in [1.29, 1.82) is 0 Å². The molecule has 2 rings (SSSR count). The van der Waals surface area contributed by atoms with Gasteiger partial charge in [-0.1, -0.05) is 0 Å². The number of aromatic nitrogens is 2. The molecule has 0 unspecified atom stereocenters. The van der Waals surface area contributed by atoms with Gasteiger partial charge in [0.15, 0.2) is 0 Å². The lowest BCUT2D eigenvalue weighted by atomic mass is 10.3. The van der Waals surface area contributed by atoms with Crippen LogP contribution in [0.5, 0.6) is 5.88 Å². The Balaban J connectivity index is 2.25. The van der Waals surface area contributed by atoms with E-state index in [1.54, 1.807) is 24.6 Å². The van der Waals surface area contributed by atoms with Crippen LogP contribution in [-0.4, -0.2) is 31.2 Å². The quantitative estimate of drug-likeness (QED) is 0.911. The maximum atomic E-state index is 5.32. The zero-order valence-corrected chi connectivity index (χ0v) is 12.4. The molecule has 102 valence electrons. The summed E-state index contributed by atoms with van der Waals surface area (Å²) in [6.45, 7) is 2.74. The van der Waals surface area contributed by atoms with E-state index in [2.05, 4.69) is 15.3 Å². The summed E-state index contributed by atoms with van der Waals surface area (Å²) in [5, 5.41) is 3.40. The molecular formula is C13H18N4OS. The molecule has 1 N–H and O–H groups in total. The Bertz CT molecular complexity index is 553. The Morgan fingerprint density at radius 2 is 2.16 bits per heavy atom. The fourth-order valence-electron chi connectivity index (χ4n) is 1.79. The Morgan fingerprint density at radius 1 is 1.37 bits per heavy atom. The van der Waals surface area contributed by atoms with E-state index in [0.29, 0.717) is 5.88 Å². The van der Waals surface area contributed by atoms with E-state index in [9.17, 15) is 0 Å². The van der Waals surface area contributed by atoms with Crippen LogP contribution in [0.2, 0.25) is 0 Å². The molecule has 0 bridgehead atoms. The summed E-state index contributed by atoms with van der Waals surface area (Å²) >= 11 is 1.65. The first kappa shape index (κ1) is 13.6. The van der Waals surface area contributed by atoms with Gasteiger partial charge in [0.2, 0.25) is 5.88 Å². The summed E-state index contributed by atoms with van der Waals surface area (Å²) in [6, 6.07) is 1.96. The largest absolute Gasteiger partial charge is 0.479 e. The molecule has 0 aromatic carbocycles. The Morgan fingerprint density at radius 3 is 2.74 bits per heavy atom. The smallest absolute Gasteiger partial charge is 0.239 e. The molecule has 2 heterocycles. The number of hydrogen-bond acceptors (Lipinski definition) is 6. The van der Waals surface area contributed by atoms with Gasteiger partial charge in [-0.25, -0.2) is 9.97 Å². The highest BCUT2D eigenvalue weighted by Gasteiger charge is 2.12. The number of aryl methyl sites for hydroxylation is 1. The van der Waals surface area contributed by atoms with Crippen molar-refractivity contribution in [1.82, 2.24) is 9.97 Å². The van der Waals surface area contributed by atoms with Crippen LogP contribution in [0.4, 0.5) is 11.4 Å². The van der Waals surface area contributed by atoms with E-state index in [0.717, 1.165) is 23.6 Å². The number of anilines is 2. The average molecular weight is 278 g/mol. The predicted molar refractivity (Wildman–Crippen MR) is 79.3 cm³/mol. The molecule has 19 heavy (non-hydrogen) atoms. The number of methoxy groups -OCH3 is 1. The van der Waals surface area contributed by atoms with Crippen molar-refractivity contribution in [2.75, 3.05) is 31.4 Å². The molecule has 0 radical (unpaired) electrons. The van der Waals surface area contributed by atoms with E-state index in [1.807, 2.05) is 37.5 Å². The zero-order chi connectivity index (χ0) is 13.8. The summed E-state index contributed by atoms with van der Waals surface area (Å²) in [5.74, 6) is 0.605. The second-order valence-corrected chi connectivity index (χ2v) is 5.26. The fourth-order valence-corrected chi connectivity index (χ4v) is 2.51. The molecule has 0 atom stereocenters. The molecule has 2 aromatic heterocycles. The molecule has 6 heteroatoms.